The summed E-state index contributed by atoms with van der Waals surface area (Å²) in [5, 5.41) is 3.47. The summed E-state index contributed by atoms with van der Waals surface area (Å²) >= 11 is 0. The maximum Gasteiger partial charge on any atom is 0.308 e. The number of nitrogens with one attached hydrogen (secondary N) is 1. The summed E-state index contributed by atoms with van der Waals surface area (Å²) in [6.45, 7) is 2.78. The van der Waals surface area contributed by atoms with Gasteiger partial charge in [0.05, 0.1) is 27.2 Å². The minimum absolute atomic E-state index is 0.127. The SMILES string of the molecule is COC(=O)C(C)CC1NCCc2cc(OC)c(OC)cc21. The molecule has 1 aliphatic rings. The Morgan fingerprint density at radius 3 is 2.57 bits per heavy atom. The normalized spacial score (nSPS) is 18.6. The molecule has 0 aromatic heterocycles. The predicted octanol–water partition coefficient (Wildman–Crippen LogP) is 2.09. The molecule has 2 rings (SSSR count). The second-order valence-corrected chi connectivity index (χ2v) is 5.32. The predicted molar refractivity (Wildman–Crippen MR) is 79.8 cm³/mol. The Balaban J connectivity index is 2.27. The molecule has 5 heteroatoms. The van der Waals surface area contributed by atoms with E-state index in [9.17, 15) is 4.79 Å². The molecule has 116 valence electrons. The zero-order chi connectivity index (χ0) is 15.4. The Hall–Kier alpha value is -1.75. The van der Waals surface area contributed by atoms with E-state index in [1.807, 2.05) is 19.1 Å². The molecule has 0 saturated heterocycles. The van der Waals surface area contributed by atoms with Crippen LogP contribution in [0.1, 0.15) is 30.5 Å². The zero-order valence-corrected chi connectivity index (χ0v) is 13.1. The highest BCUT2D eigenvalue weighted by molar-refractivity contribution is 5.71. The van der Waals surface area contributed by atoms with Crippen LogP contribution in [0.3, 0.4) is 0 Å². The maximum absolute atomic E-state index is 11.6. The highest BCUT2D eigenvalue weighted by Gasteiger charge is 2.26. The summed E-state index contributed by atoms with van der Waals surface area (Å²) in [7, 11) is 4.70. The third-order valence-corrected chi connectivity index (χ3v) is 4.00. The maximum atomic E-state index is 11.6. The number of benzene rings is 1. The van der Waals surface area contributed by atoms with Gasteiger partial charge in [0.15, 0.2) is 11.5 Å². The van der Waals surface area contributed by atoms with Gasteiger partial charge in [0, 0.05) is 6.04 Å². The van der Waals surface area contributed by atoms with Crippen LogP contribution in [0.15, 0.2) is 12.1 Å². The summed E-state index contributed by atoms with van der Waals surface area (Å²) in [6.07, 6.45) is 1.65. The van der Waals surface area contributed by atoms with E-state index in [1.165, 1.54) is 18.2 Å². The lowest BCUT2D eigenvalue weighted by Gasteiger charge is -2.29. The van der Waals surface area contributed by atoms with Crippen LogP contribution in [-0.2, 0) is 16.0 Å². The van der Waals surface area contributed by atoms with Crippen molar-refractivity contribution in [2.75, 3.05) is 27.9 Å². The molecule has 0 fully saturated rings. The molecule has 1 aromatic rings. The van der Waals surface area contributed by atoms with Gasteiger partial charge in [-0.15, -0.1) is 0 Å². The lowest BCUT2D eigenvalue weighted by Crippen LogP contribution is -2.32. The van der Waals surface area contributed by atoms with Crippen molar-refractivity contribution in [2.45, 2.75) is 25.8 Å². The van der Waals surface area contributed by atoms with Gasteiger partial charge in [-0.25, -0.2) is 0 Å². The van der Waals surface area contributed by atoms with Crippen LogP contribution in [0, 0.1) is 5.92 Å². The monoisotopic (exact) mass is 293 g/mol. The number of carbonyl (C=O) groups excluding carboxylic acids is 1. The third-order valence-electron chi connectivity index (χ3n) is 4.00. The van der Waals surface area contributed by atoms with Gasteiger partial charge >= 0.3 is 5.97 Å². The molecule has 1 N–H and O–H groups in total. The second-order valence-electron chi connectivity index (χ2n) is 5.32. The molecule has 2 atom stereocenters. The summed E-state index contributed by atoms with van der Waals surface area (Å²) < 4.78 is 15.5. The molecule has 0 aliphatic carbocycles. The van der Waals surface area contributed by atoms with Gasteiger partial charge in [0.1, 0.15) is 0 Å². The van der Waals surface area contributed by atoms with E-state index in [0.717, 1.165) is 24.5 Å². The first-order valence-corrected chi connectivity index (χ1v) is 7.16. The fraction of sp³-hybridized carbons (Fsp3) is 0.562. The molecule has 0 amide bonds. The van der Waals surface area contributed by atoms with Crippen molar-refractivity contribution in [3.8, 4) is 11.5 Å². The van der Waals surface area contributed by atoms with Crippen LogP contribution < -0.4 is 14.8 Å². The summed E-state index contributed by atoms with van der Waals surface area (Å²) in [6, 6.07) is 4.17. The summed E-state index contributed by atoms with van der Waals surface area (Å²) in [4.78, 5) is 11.6. The molecule has 0 saturated carbocycles. The third kappa shape index (κ3) is 3.29. The number of esters is 1. The van der Waals surface area contributed by atoms with Crippen molar-refractivity contribution >= 4 is 5.97 Å². The molecule has 1 heterocycles. The molecule has 1 aromatic carbocycles. The van der Waals surface area contributed by atoms with Gasteiger partial charge < -0.3 is 19.5 Å². The number of ether oxygens (including phenoxy) is 3. The largest absolute Gasteiger partial charge is 0.493 e. The number of methoxy groups -OCH3 is 3. The molecular weight excluding hydrogens is 270 g/mol. The average Bonchev–Trinajstić information content (AvgIpc) is 2.52. The van der Waals surface area contributed by atoms with Gasteiger partial charge in [-0.2, -0.15) is 0 Å². The second kappa shape index (κ2) is 6.80. The lowest BCUT2D eigenvalue weighted by atomic mass is 9.88. The first-order valence-electron chi connectivity index (χ1n) is 7.16. The van der Waals surface area contributed by atoms with E-state index in [4.69, 9.17) is 14.2 Å². The van der Waals surface area contributed by atoms with E-state index < -0.39 is 0 Å². The van der Waals surface area contributed by atoms with Crippen LogP contribution >= 0.6 is 0 Å². The Labute approximate surface area is 125 Å². The van der Waals surface area contributed by atoms with Crippen molar-refractivity contribution in [1.29, 1.82) is 0 Å². The summed E-state index contributed by atoms with van der Waals surface area (Å²) in [5.74, 6) is 1.14. The van der Waals surface area contributed by atoms with E-state index in [2.05, 4.69) is 5.32 Å². The van der Waals surface area contributed by atoms with Crippen molar-refractivity contribution in [1.82, 2.24) is 5.32 Å². The highest BCUT2D eigenvalue weighted by atomic mass is 16.5. The van der Waals surface area contributed by atoms with E-state index in [-0.39, 0.29) is 17.9 Å². The van der Waals surface area contributed by atoms with Gasteiger partial charge in [0.25, 0.3) is 0 Å². The number of hydrogen-bond acceptors (Lipinski definition) is 5. The van der Waals surface area contributed by atoms with Gasteiger partial charge in [0.2, 0.25) is 0 Å². The van der Waals surface area contributed by atoms with Crippen LogP contribution in [0.5, 0.6) is 11.5 Å². The standard InChI is InChI=1S/C16H23NO4/c1-10(16(18)21-4)7-13-12-9-15(20-3)14(19-2)8-11(12)5-6-17-13/h8-10,13,17H,5-7H2,1-4H3. The minimum Gasteiger partial charge on any atom is -0.493 e. The van der Waals surface area contributed by atoms with E-state index in [0.29, 0.717) is 6.42 Å². The smallest absolute Gasteiger partial charge is 0.308 e. The van der Waals surface area contributed by atoms with Gasteiger partial charge in [-0.05, 0) is 42.6 Å². The van der Waals surface area contributed by atoms with Gasteiger partial charge in [-0.3, -0.25) is 4.79 Å². The highest BCUT2D eigenvalue weighted by Crippen LogP contribution is 2.37. The Morgan fingerprint density at radius 2 is 1.95 bits per heavy atom. The van der Waals surface area contributed by atoms with Crippen molar-refractivity contribution in [2.24, 2.45) is 5.92 Å². The molecule has 0 bridgehead atoms. The molecule has 0 spiro atoms. The first-order chi connectivity index (χ1) is 10.1. The number of carbonyl (C=O) groups is 1. The quantitative estimate of drug-likeness (QED) is 0.842. The molecular formula is C16H23NO4. The number of hydrogen-bond donors (Lipinski definition) is 1. The Morgan fingerprint density at radius 1 is 1.29 bits per heavy atom. The van der Waals surface area contributed by atoms with Gasteiger partial charge in [-0.1, -0.05) is 6.92 Å². The molecule has 21 heavy (non-hydrogen) atoms. The fourth-order valence-corrected chi connectivity index (χ4v) is 2.83. The van der Waals surface area contributed by atoms with E-state index in [1.54, 1.807) is 14.2 Å². The van der Waals surface area contributed by atoms with Crippen LogP contribution in [-0.4, -0.2) is 33.8 Å². The number of fused-ring (bicyclic) bond motifs is 1. The molecule has 2 unspecified atom stereocenters. The fourth-order valence-electron chi connectivity index (χ4n) is 2.83. The topological polar surface area (TPSA) is 56.8 Å². The zero-order valence-electron chi connectivity index (χ0n) is 13.1. The minimum atomic E-state index is -0.176. The van der Waals surface area contributed by atoms with E-state index >= 15 is 0 Å². The van der Waals surface area contributed by atoms with Crippen molar-refractivity contribution < 1.29 is 19.0 Å². The van der Waals surface area contributed by atoms with Crippen LogP contribution in [0.25, 0.3) is 0 Å². The summed E-state index contributed by atoms with van der Waals surface area (Å²) in [5.41, 5.74) is 2.42. The average molecular weight is 293 g/mol. The van der Waals surface area contributed by atoms with Crippen molar-refractivity contribution in [3.05, 3.63) is 23.3 Å². The first kappa shape index (κ1) is 15.6. The number of rotatable bonds is 5. The Bertz CT molecular complexity index is 515. The lowest BCUT2D eigenvalue weighted by molar-refractivity contribution is -0.145. The van der Waals surface area contributed by atoms with Crippen LogP contribution in [0.2, 0.25) is 0 Å². The molecule has 5 nitrogen and oxygen atoms in total. The van der Waals surface area contributed by atoms with Crippen molar-refractivity contribution in [3.63, 3.8) is 0 Å². The van der Waals surface area contributed by atoms with Crippen LogP contribution in [0.4, 0.5) is 0 Å². The molecule has 0 radical (unpaired) electrons. The molecule has 1 aliphatic heterocycles. The Kier molecular flexibility index (Phi) is 5.07.